The molecule has 0 aromatic heterocycles. The Balaban J connectivity index is 2.42. The van der Waals surface area contributed by atoms with Gasteiger partial charge < -0.3 is 15.7 Å². The number of hydrogen-bond donors (Lipinski definition) is 2. The monoisotopic (exact) mass is 141 g/mol. The molecule has 0 bridgehead atoms. The van der Waals surface area contributed by atoms with E-state index in [9.17, 15) is 0 Å². The first kappa shape index (κ1) is 7.24. The second-order valence-electron chi connectivity index (χ2n) is 2.08. The maximum Gasteiger partial charge on any atom is 0.111 e. The van der Waals surface area contributed by atoms with Crippen molar-refractivity contribution in [2.24, 2.45) is 10.7 Å². The number of aliphatic imine (C=N–C) groups is 1. The molecule has 1 aliphatic rings. The second-order valence-corrected chi connectivity index (χ2v) is 2.08. The van der Waals surface area contributed by atoms with Crippen LogP contribution in [0.1, 0.15) is 0 Å². The fraction of sp³-hybridized carbons (Fsp3) is 0.500. The Morgan fingerprint density at radius 1 is 1.80 bits per heavy atom. The van der Waals surface area contributed by atoms with Crippen molar-refractivity contribution in [2.75, 3.05) is 13.3 Å². The van der Waals surface area contributed by atoms with Gasteiger partial charge in [-0.15, -0.1) is 0 Å². The van der Waals surface area contributed by atoms with Crippen molar-refractivity contribution >= 4 is 6.21 Å². The van der Waals surface area contributed by atoms with Gasteiger partial charge in [0.1, 0.15) is 12.8 Å². The van der Waals surface area contributed by atoms with Gasteiger partial charge in [-0.2, -0.15) is 0 Å². The van der Waals surface area contributed by atoms with Gasteiger partial charge in [-0.3, -0.25) is 4.99 Å². The number of nitrogens with zero attached hydrogens (tertiary/aromatic N) is 2. The average molecular weight is 141 g/mol. The molecular weight excluding hydrogens is 130 g/mol. The molecule has 10 heavy (non-hydrogen) atoms. The first-order valence-electron chi connectivity index (χ1n) is 3.13. The zero-order chi connectivity index (χ0) is 7.40. The zero-order valence-corrected chi connectivity index (χ0v) is 5.64. The van der Waals surface area contributed by atoms with Gasteiger partial charge in [0.25, 0.3) is 0 Å². The normalized spacial score (nSPS) is 19.6. The van der Waals surface area contributed by atoms with Gasteiger partial charge in [0.05, 0.1) is 6.61 Å². The number of allylic oxidation sites excluding steroid dienone is 1. The summed E-state index contributed by atoms with van der Waals surface area (Å²) in [7, 11) is 0. The number of rotatable bonds is 2. The van der Waals surface area contributed by atoms with Gasteiger partial charge in [-0.25, -0.2) is 0 Å². The predicted molar refractivity (Wildman–Crippen MR) is 39.4 cm³/mol. The van der Waals surface area contributed by atoms with E-state index in [1.165, 1.54) is 0 Å². The van der Waals surface area contributed by atoms with Crippen LogP contribution < -0.4 is 5.73 Å². The molecule has 0 saturated carbocycles. The van der Waals surface area contributed by atoms with Crippen LogP contribution in [-0.2, 0) is 0 Å². The quantitative estimate of drug-likeness (QED) is 0.525. The van der Waals surface area contributed by atoms with Crippen LogP contribution in [0, 0.1) is 0 Å². The minimum absolute atomic E-state index is 0.0418. The summed E-state index contributed by atoms with van der Waals surface area (Å²) in [6.07, 6.45) is 4.99. The lowest BCUT2D eigenvalue weighted by Crippen LogP contribution is -2.42. The fourth-order valence-electron chi connectivity index (χ4n) is 0.719. The van der Waals surface area contributed by atoms with Crippen molar-refractivity contribution in [1.82, 2.24) is 4.90 Å². The molecular formula is C6H11N3O. The van der Waals surface area contributed by atoms with Gasteiger partial charge in [0.15, 0.2) is 0 Å². The molecule has 4 heteroatoms. The first-order valence-corrected chi connectivity index (χ1v) is 3.13. The van der Waals surface area contributed by atoms with Gasteiger partial charge in [0, 0.05) is 12.4 Å². The van der Waals surface area contributed by atoms with E-state index >= 15 is 0 Å². The molecule has 0 saturated heterocycles. The molecule has 0 amide bonds. The minimum atomic E-state index is -0.325. The molecule has 1 rings (SSSR count). The zero-order valence-electron chi connectivity index (χ0n) is 5.64. The third-order valence-electron chi connectivity index (χ3n) is 1.33. The first-order chi connectivity index (χ1) is 4.84. The number of aliphatic hydroxyl groups excluding tert-OH is 1. The summed E-state index contributed by atoms with van der Waals surface area (Å²) in [6.45, 7) is 0.498. The van der Waals surface area contributed by atoms with Crippen molar-refractivity contribution < 1.29 is 5.11 Å². The van der Waals surface area contributed by atoms with Gasteiger partial charge >= 0.3 is 0 Å². The molecule has 1 aliphatic heterocycles. The Morgan fingerprint density at radius 2 is 2.60 bits per heavy atom. The lowest BCUT2D eigenvalue weighted by molar-refractivity contribution is 0.170. The van der Waals surface area contributed by atoms with Gasteiger partial charge in [-0.05, 0) is 6.08 Å². The highest BCUT2D eigenvalue weighted by atomic mass is 16.3. The van der Waals surface area contributed by atoms with E-state index in [4.69, 9.17) is 10.8 Å². The smallest absolute Gasteiger partial charge is 0.111 e. The lowest BCUT2D eigenvalue weighted by atomic mass is 10.4. The Morgan fingerprint density at radius 3 is 3.10 bits per heavy atom. The Hall–Kier alpha value is -0.870. The van der Waals surface area contributed by atoms with E-state index in [2.05, 4.69) is 4.99 Å². The summed E-state index contributed by atoms with van der Waals surface area (Å²) in [4.78, 5) is 5.71. The van der Waals surface area contributed by atoms with E-state index in [0.717, 1.165) is 0 Å². The molecule has 56 valence electrons. The van der Waals surface area contributed by atoms with Gasteiger partial charge in [-0.1, -0.05) is 0 Å². The molecule has 1 unspecified atom stereocenters. The topological polar surface area (TPSA) is 61.9 Å². The summed E-state index contributed by atoms with van der Waals surface area (Å²) in [5.74, 6) is 0. The van der Waals surface area contributed by atoms with Crippen molar-refractivity contribution in [2.45, 2.75) is 6.17 Å². The molecule has 4 nitrogen and oxygen atoms in total. The molecule has 1 heterocycles. The van der Waals surface area contributed by atoms with Crippen LogP contribution in [0.4, 0.5) is 0 Å². The van der Waals surface area contributed by atoms with Crippen molar-refractivity contribution in [3.63, 3.8) is 0 Å². The van der Waals surface area contributed by atoms with Crippen molar-refractivity contribution in [3.8, 4) is 0 Å². The van der Waals surface area contributed by atoms with Crippen LogP contribution in [-0.4, -0.2) is 35.7 Å². The van der Waals surface area contributed by atoms with Crippen LogP contribution in [0.3, 0.4) is 0 Å². The summed E-state index contributed by atoms with van der Waals surface area (Å²) >= 11 is 0. The maximum atomic E-state index is 8.63. The van der Waals surface area contributed by atoms with E-state index in [1.54, 1.807) is 17.2 Å². The Kier molecular flexibility index (Phi) is 2.42. The van der Waals surface area contributed by atoms with Crippen molar-refractivity contribution in [1.29, 1.82) is 0 Å². The van der Waals surface area contributed by atoms with E-state index in [-0.39, 0.29) is 12.8 Å². The molecule has 0 fully saturated rings. The SMILES string of the molecule is NC(CO)N1C=CC=NC1. The Labute approximate surface area is 59.7 Å². The number of hydrogen-bond acceptors (Lipinski definition) is 4. The van der Waals surface area contributed by atoms with Crippen LogP contribution in [0.25, 0.3) is 0 Å². The maximum absolute atomic E-state index is 8.63. The highest BCUT2D eigenvalue weighted by Crippen LogP contribution is 1.97. The molecule has 0 aromatic carbocycles. The molecule has 0 aromatic rings. The minimum Gasteiger partial charge on any atom is -0.393 e. The van der Waals surface area contributed by atoms with E-state index in [0.29, 0.717) is 6.67 Å². The highest BCUT2D eigenvalue weighted by Gasteiger charge is 2.07. The molecule has 0 radical (unpaired) electrons. The molecule has 0 spiro atoms. The van der Waals surface area contributed by atoms with E-state index in [1.807, 2.05) is 6.20 Å². The van der Waals surface area contributed by atoms with Crippen LogP contribution in [0.2, 0.25) is 0 Å². The predicted octanol–water partition coefficient (Wildman–Crippen LogP) is -0.879. The van der Waals surface area contributed by atoms with Crippen LogP contribution in [0.15, 0.2) is 17.3 Å². The highest BCUT2D eigenvalue weighted by molar-refractivity contribution is 5.71. The molecule has 1 atom stereocenters. The Bertz CT molecular complexity index is 155. The molecule has 0 aliphatic carbocycles. The van der Waals surface area contributed by atoms with E-state index < -0.39 is 0 Å². The summed E-state index contributed by atoms with van der Waals surface area (Å²) in [6, 6.07) is 0. The summed E-state index contributed by atoms with van der Waals surface area (Å²) < 4.78 is 0. The average Bonchev–Trinajstić information content (AvgIpc) is 2.05. The third-order valence-corrected chi connectivity index (χ3v) is 1.33. The number of aliphatic hydroxyl groups is 1. The third kappa shape index (κ3) is 1.55. The largest absolute Gasteiger partial charge is 0.393 e. The number of nitrogens with two attached hydrogens (primary N) is 1. The van der Waals surface area contributed by atoms with Crippen molar-refractivity contribution in [3.05, 3.63) is 12.3 Å². The van der Waals surface area contributed by atoms with Crippen LogP contribution in [0.5, 0.6) is 0 Å². The fourth-order valence-corrected chi connectivity index (χ4v) is 0.719. The summed E-state index contributed by atoms with van der Waals surface area (Å²) in [5, 5.41) is 8.63. The molecule has 3 N–H and O–H groups in total. The standard InChI is InChI=1S/C6H11N3O/c7-6(4-10)9-3-1-2-8-5-9/h1-3,6,10H,4-5,7H2. The van der Waals surface area contributed by atoms with Gasteiger partial charge in [0.2, 0.25) is 0 Å². The summed E-state index contributed by atoms with van der Waals surface area (Å²) in [5.41, 5.74) is 5.50. The lowest BCUT2D eigenvalue weighted by Gasteiger charge is -2.25. The van der Waals surface area contributed by atoms with Crippen LogP contribution >= 0.6 is 0 Å². The second kappa shape index (κ2) is 3.34.